The van der Waals surface area contributed by atoms with Crippen LogP contribution in [0.3, 0.4) is 0 Å². The molecule has 13 heavy (non-hydrogen) atoms. The van der Waals surface area contributed by atoms with Gasteiger partial charge < -0.3 is 16.4 Å². The molecule has 4 nitrogen and oxygen atoms in total. The van der Waals surface area contributed by atoms with Crippen molar-refractivity contribution in [2.45, 2.75) is 19.3 Å². The molecule has 76 valence electrons. The van der Waals surface area contributed by atoms with Crippen molar-refractivity contribution < 1.29 is 4.79 Å². The minimum Gasteiger partial charge on any atom is -0.356 e. The van der Waals surface area contributed by atoms with Crippen LogP contribution in [0.4, 0.5) is 0 Å². The number of carbonyl (C=O) groups is 1. The van der Waals surface area contributed by atoms with Crippen molar-refractivity contribution in [3.63, 3.8) is 0 Å². The van der Waals surface area contributed by atoms with Crippen LogP contribution in [0, 0.1) is 5.92 Å². The molecule has 0 radical (unpaired) electrons. The first-order valence-electron chi connectivity index (χ1n) is 5.03. The van der Waals surface area contributed by atoms with Gasteiger partial charge in [0, 0.05) is 13.1 Å². The summed E-state index contributed by atoms with van der Waals surface area (Å²) in [7, 11) is 0. The summed E-state index contributed by atoms with van der Waals surface area (Å²) in [5, 5.41) is 6.10. The Balaban J connectivity index is 2.03. The Hall–Kier alpha value is -0.610. The average molecular weight is 185 g/mol. The van der Waals surface area contributed by atoms with Gasteiger partial charge in [-0.3, -0.25) is 4.79 Å². The molecule has 0 aromatic carbocycles. The number of nitrogens with one attached hydrogen (secondary N) is 2. The van der Waals surface area contributed by atoms with E-state index in [9.17, 15) is 4.79 Å². The van der Waals surface area contributed by atoms with Crippen LogP contribution in [-0.2, 0) is 4.79 Å². The summed E-state index contributed by atoms with van der Waals surface area (Å²) in [5.41, 5.74) is 5.34. The number of carbonyl (C=O) groups excluding carboxylic acids is 1. The van der Waals surface area contributed by atoms with E-state index in [1.807, 2.05) is 0 Å². The van der Waals surface area contributed by atoms with Gasteiger partial charge in [0.05, 0.1) is 5.92 Å². The number of hydrogen-bond donors (Lipinski definition) is 3. The molecule has 1 unspecified atom stereocenters. The van der Waals surface area contributed by atoms with Crippen molar-refractivity contribution in [2.75, 3.05) is 26.2 Å². The maximum absolute atomic E-state index is 11.4. The number of amides is 1. The second-order valence-corrected chi connectivity index (χ2v) is 3.48. The van der Waals surface area contributed by atoms with Crippen LogP contribution in [0.1, 0.15) is 19.3 Å². The summed E-state index contributed by atoms with van der Waals surface area (Å²) in [6.45, 7) is 3.29. The first-order valence-corrected chi connectivity index (χ1v) is 5.03. The molecule has 1 rings (SSSR count). The van der Waals surface area contributed by atoms with E-state index < -0.39 is 0 Å². The summed E-state index contributed by atoms with van der Waals surface area (Å²) >= 11 is 0. The van der Waals surface area contributed by atoms with Gasteiger partial charge in [0.15, 0.2) is 0 Å². The van der Waals surface area contributed by atoms with E-state index in [1.165, 1.54) is 0 Å². The van der Waals surface area contributed by atoms with E-state index in [0.717, 1.165) is 38.9 Å². The lowest BCUT2D eigenvalue weighted by Gasteiger charge is -2.08. The molecule has 1 aliphatic heterocycles. The van der Waals surface area contributed by atoms with Crippen LogP contribution in [-0.4, -0.2) is 32.1 Å². The summed E-state index contributed by atoms with van der Waals surface area (Å²) < 4.78 is 0. The molecule has 0 aromatic heterocycles. The van der Waals surface area contributed by atoms with Crippen LogP contribution in [0.5, 0.6) is 0 Å². The van der Waals surface area contributed by atoms with Gasteiger partial charge in [-0.2, -0.15) is 0 Å². The van der Waals surface area contributed by atoms with E-state index in [-0.39, 0.29) is 11.8 Å². The predicted octanol–water partition coefficient (Wildman–Crippen LogP) is -0.549. The molecule has 1 amide bonds. The average Bonchev–Trinajstić information content (AvgIpc) is 2.65. The molecule has 0 saturated carbocycles. The Morgan fingerprint density at radius 2 is 2.38 bits per heavy atom. The van der Waals surface area contributed by atoms with Crippen molar-refractivity contribution in [3.8, 4) is 0 Å². The van der Waals surface area contributed by atoms with Gasteiger partial charge >= 0.3 is 0 Å². The maximum Gasteiger partial charge on any atom is 0.224 e. The standard InChI is InChI=1S/C9H19N3O/c10-4-1-2-5-12-9(13)8-3-6-11-7-8/h8,11H,1-7,10H2,(H,12,13). The van der Waals surface area contributed by atoms with Gasteiger partial charge in [-0.15, -0.1) is 0 Å². The van der Waals surface area contributed by atoms with E-state index in [4.69, 9.17) is 5.73 Å². The summed E-state index contributed by atoms with van der Waals surface area (Å²) in [6, 6.07) is 0. The molecule has 1 atom stereocenters. The SMILES string of the molecule is NCCCCNC(=O)C1CCNC1. The van der Waals surface area contributed by atoms with E-state index >= 15 is 0 Å². The van der Waals surface area contributed by atoms with Gasteiger partial charge in [-0.05, 0) is 32.4 Å². The third-order valence-electron chi connectivity index (χ3n) is 2.36. The highest BCUT2D eigenvalue weighted by Gasteiger charge is 2.21. The molecule has 1 aliphatic rings. The van der Waals surface area contributed by atoms with Crippen molar-refractivity contribution in [1.82, 2.24) is 10.6 Å². The topological polar surface area (TPSA) is 67.1 Å². The van der Waals surface area contributed by atoms with Crippen LogP contribution in [0.15, 0.2) is 0 Å². The van der Waals surface area contributed by atoms with Gasteiger partial charge in [-0.25, -0.2) is 0 Å². The molecule has 0 aromatic rings. The molecule has 1 fully saturated rings. The third kappa shape index (κ3) is 3.74. The van der Waals surface area contributed by atoms with Gasteiger partial charge in [-0.1, -0.05) is 0 Å². The Bertz CT molecular complexity index is 155. The third-order valence-corrected chi connectivity index (χ3v) is 2.36. The first-order chi connectivity index (χ1) is 6.34. The van der Waals surface area contributed by atoms with E-state index in [2.05, 4.69) is 10.6 Å². The number of unbranched alkanes of at least 4 members (excludes halogenated alkanes) is 1. The van der Waals surface area contributed by atoms with Crippen molar-refractivity contribution in [2.24, 2.45) is 11.7 Å². The normalized spacial score (nSPS) is 21.8. The number of rotatable bonds is 5. The summed E-state index contributed by atoms with van der Waals surface area (Å²) in [6.07, 6.45) is 2.95. The zero-order valence-corrected chi connectivity index (χ0v) is 8.01. The molecular weight excluding hydrogens is 166 g/mol. The second kappa shape index (κ2) is 5.94. The second-order valence-electron chi connectivity index (χ2n) is 3.48. The first kappa shape index (κ1) is 10.5. The lowest BCUT2D eigenvalue weighted by molar-refractivity contribution is -0.124. The molecule has 0 aliphatic carbocycles. The highest BCUT2D eigenvalue weighted by Crippen LogP contribution is 2.06. The molecular formula is C9H19N3O. The minimum absolute atomic E-state index is 0.192. The lowest BCUT2D eigenvalue weighted by Crippen LogP contribution is -2.32. The Labute approximate surface area is 79.3 Å². The van der Waals surface area contributed by atoms with Crippen LogP contribution in [0.2, 0.25) is 0 Å². The van der Waals surface area contributed by atoms with E-state index in [0.29, 0.717) is 6.54 Å². The molecule has 0 bridgehead atoms. The maximum atomic E-state index is 11.4. The fraction of sp³-hybridized carbons (Fsp3) is 0.889. The number of nitrogens with two attached hydrogens (primary N) is 1. The Kier molecular flexibility index (Phi) is 4.78. The zero-order chi connectivity index (χ0) is 9.52. The van der Waals surface area contributed by atoms with Crippen LogP contribution in [0.25, 0.3) is 0 Å². The monoisotopic (exact) mass is 185 g/mol. The smallest absolute Gasteiger partial charge is 0.224 e. The molecule has 4 heteroatoms. The van der Waals surface area contributed by atoms with Crippen molar-refractivity contribution in [3.05, 3.63) is 0 Å². The zero-order valence-electron chi connectivity index (χ0n) is 8.01. The fourth-order valence-electron chi connectivity index (χ4n) is 1.50. The summed E-state index contributed by atoms with van der Waals surface area (Å²) in [5.74, 6) is 0.389. The van der Waals surface area contributed by atoms with Crippen LogP contribution < -0.4 is 16.4 Å². The fourth-order valence-corrected chi connectivity index (χ4v) is 1.50. The lowest BCUT2D eigenvalue weighted by atomic mass is 10.1. The van der Waals surface area contributed by atoms with Gasteiger partial charge in [0.25, 0.3) is 0 Å². The predicted molar refractivity (Wildman–Crippen MR) is 52.3 cm³/mol. The molecule has 1 saturated heterocycles. The van der Waals surface area contributed by atoms with Gasteiger partial charge in [0.2, 0.25) is 5.91 Å². The van der Waals surface area contributed by atoms with Crippen molar-refractivity contribution >= 4 is 5.91 Å². The molecule has 0 spiro atoms. The van der Waals surface area contributed by atoms with E-state index in [1.54, 1.807) is 0 Å². The quantitative estimate of drug-likeness (QED) is 0.503. The largest absolute Gasteiger partial charge is 0.356 e. The van der Waals surface area contributed by atoms with Gasteiger partial charge in [0.1, 0.15) is 0 Å². The van der Waals surface area contributed by atoms with Crippen molar-refractivity contribution in [1.29, 1.82) is 0 Å². The Morgan fingerprint density at radius 1 is 1.54 bits per heavy atom. The van der Waals surface area contributed by atoms with Crippen LogP contribution >= 0.6 is 0 Å². The Morgan fingerprint density at radius 3 is 3.00 bits per heavy atom. The highest BCUT2D eigenvalue weighted by atomic mass is 16.1. The summed E-state index contributed by atoms with van der Waals surface area (Å²) in [4.78, 5) is 11.4. The minimum atomic E-state index is 0.192. The number of hydrogen-bond acceptors (Lipinski definition) is 3. The highest BCUT2D eigenvalue weighted by molar-refractivity contribution is 5.79. The molecule has 1 heterocycles. The molecule has 4 N–H and O–H groups in total.